The molecule has 61 heavy (non-hydrogen) atoms. The van der Waals surface area contributed by atoms with E-state index in [1.54, 1.807) is 19.9 Å². The van der Waals surface area contributed by atoms with Crippen LogP contribution in [0.4, 0.5) is 4.79 Å². The third-order valence-electron chi connectivity index (χ3n) is 12.2. The van der Waals surface area contributed by atoms with Crippen molar-refractivity contribution < 1.29 is 56.7 Å². The average Bonchev–Trinajstić information content (AvgIpc) is 3.47. The molecule has 4 heterocycles. The summed E-state index contributed by atoms with van der Waals surface area (Å²) in [5.74, 6) is -0.516. The number of carbonyl (C=O) groups excluding carboxylic acids is 3. The molecule has 0 radical (unpaired) electrons. The standard InChI is InChI=1S/C45H64N3O12P/c1-8-55-61(52,56-9-2)25-23-36(33-18-14-11-15-19-33)46-39(49)37(26-29(3)4)47-40(50)38(48-43(51)54-27-32-16-12-10-13-17-32)28-53-41-31(6)35-21-20-30(5)34-22-24-44(7)58-42(57-41)45(34,35)60-59-44/h10-19,23,25,29-31,34-38,41-42H,8-9,20-22,24,26-28H2,1-7H3,(H,46,49)(H,47,50)(H,48,51)/b25-23+/t30-,31-,34+,35+,36+,37+,38+,41+,42-,44-,45-/m1/s1. The van der Waals surface area contributed by atoms with E-state index in [9.17, 15) is 18.9 Å². The van der Waals surface area contributed by atoms with Gasteiger partial charge in [-0.2, -0.15) is 0 Å². The minimum Gasteiger partial charge on any atom is -0.445 e. The summed E-state index contributed by atoms with van der Waals surface area (Å²) in [4.78, 5) is 54.1. The van der Waals surface area contributed by atoms with Crippen molar-refractivity contribution in [3.8, 4) is 0 Å². The molecule has 11 atom stereocenters. The van der Waals surface area contributed by atoms with Crippen LogP contribution in [0.25, 0.3) is 0 Å². The number of ether oxygens (including phenoxy) is 4. The highest BCUT2D eigenvalue weighted by atomic mass is 31.2. The van der Waals surface area contributed by atoms with Crippen molar-refractivity contribution in [2.75, 3.05) is 19.8 Å². The van der Waals surface area contributed by atoms with Gasteiger partial charge >= 0.3 is 13.7 Å². The summed E-state index contributed by atoms with van der Waals surface area (Å²) in [7, 11) is -3.61. The Labute approximate surface area is 359 Å². The molecule has 2 aromatic rings. The number of fused-ring (bicyclic) bond motifs is 2. The third kappa shape index (κ3) is 11.3. The number of benzene rings is 2. The number of nitrogens with one attached hydrogen (secondary N) is 3. The second kappa shape index (κ2) is 20.7. The van der Waals surface area contributed by atoms with E-state index in [0.29, 0.717) is 17.9 Å². The van der Waals surface area contributed by atoms with Crippen LogP contribution in [0, 0.1) is 29.6 Å². The monoisotopic (exact) mass is 869 g/mol. The van der Waals surface area contributed by atoms with E-state index in [1.807, 2.05) is 88.4 Å². The number of hydrogen-bond acceptors (Lipinski definition) is 12. The van der Waals surface area contributed by atoms with E-state index in [4.69, 9.17) is 37.8 Å². The molecule has 336 valence electrons. The quantitative estimate of drug-likeness (QED) is 0.0929. The topological polar surface area (TPSA) is 178 Å². The lowest BCUT2D eigenvalue weighted by Gasteiger charge is -2.60. The molecule has 3 N–H and O–H groups in total. The first kappa shape index (κ1) is 46.8. The van der Waals surface area contributed by atoms with Gasteiger partial charge in [0.25, 0.3) is 0 Å². The zero-order valence-electron chi connectivity index (χ0n) is 36.4. The second-order valence-electron chi connectivity index (χ2n) is 17.2. The molecule has 0 unspecified atom stereocenters. The summed E-state index contributed by atoms with van der Waals surface area (Å²) >= 11 is 0. The van der Waals surface area contributed by atoms with Gasteiger partial charge in [-0.05, 0) is 81.4 Å². The van der Waals surface area contributed by atoms with Crippen LogP contribution in [0.5, 0.6) is 0 Å². The summed E-state index contributed by atoms with van der Waals surface area (Å²) in [6.07, 6.45) is 2.76. The van der Waals surface area contributed by atoms with Crippen LogP contribution in [0.1, 0.15) is 97.7 Å². The molecule has 4 aliphatic heterocycles. The minimum absolute atomic E-state index is 0.0230. The Morgan fingerprint density at radius 2 is 1.54 bits per heavy atom. The van der Waals surface area contributed by atoms with E-state index in [0.717, 1.165) is 24.8 Å². The van der Waals surface area contributed by atoms with Crippen molar-refractivity contribution in [1.29, 1.82) is 0 Å². The first-order valence-corrected chi connectivity index (χ1v) is 23.3. The molecule has 15 nitrogen and oxygen atoms in total. The van der Waals surface area contributed by atoms with E-state index in [-0.39, 0.29) is 56.5 Å². The van der Waals surface area contributed by atoms with Crippen LogP contribution in [0.3, 0.4) is 0 Å². The maximum Gasteiger partial charge on any atom is 0.408 e. The Balaban J connectivity index is 1.21. The van der Waals surface area contributed by atoms with Crippen molar-refractivity contribution in [2.24, 2.45) is 29.6 Å². The zero-order chi connectivity index (χ0) is 43.8. The Morgan fingerprint density at radius 3 is 2.21 bits per heavy atom. The van der Waals surface area contributed by atoms with Crippen molar-refractivity contribution in [1.82, 2.24) is 16.0 Å². The largest absolute Gasteiger partial charge is 0.445 e. The van der Waals surface area contributed by atoms with Crippen molar-refractivity contribution >= 4 is 25.5 Å². The molecule has 2 bridgehead atoms. The van der Waals surface area contributed by atoms with Crippen LogP contribution < -0.4 is 16.0 Å². The van der Waals surface area contributed by atoms with E-state index in [2.05, 4.69) is 22.9 Å². The van der Waals surface area contributed by atoms with E-state index < -0.39 is 67.6 Å². The predicted molar refractivity (Wildman–Crippen MR) is 225 cm³/mol. The lowest BCUT2D eigenvalue weighted by molar-refractivity contribution is -0.577. The smallest absolute Gasteiger partial charge is 0.408 e. The van der Waals surface area contributed by atoms with Gasteiger partial charge in [-0.15, -0.1) is 0 Å². The fraction of sp³-hybridized carbons (Fsp3) is 0.622. The molecule has 4 saturated heterocycles. The molecule has 1 aliphatic carbocycles. The molecule has 5 aliphatic rings. The Kier molecular flexibility index (Phi) is 15.9. The van der Waals surface area contributed by atoms with Gasteiger partial charge in [0, 0.05) is 24.1 Å². The normalized spacial score (nSPS) is 29.8. The van der Waals surface area contributed by atoms with Crippen LogP contribution in [0.2, 0.25) is 0 Å². The van der Waals surface area contributed by atoms with Gasteiger partial charge in [0.2, 0.25) is 17.6 Å². The lowest BCUT2D eigenvalue weighted by Crippen LogP contribution is -2.70. The molecule has 3 amide bonds. The van der Waals surface area contributed by atoms with Gasteiger partial charge in [0.1, 0.15) is 18.7 Å². The number of hydrogen-bond donors (Lipinski definition) is 3. The number of carbonyl (C=O) groups is 3. The van der Waals surface area contributed by atoms with Gasteiger partial charge in [0.05, 0.1) is 25.9 Å². The van der Waals surface area contributed by atoms with Gasteiger partial charge in [0.15, 0.2) is 18.2 Å². The van der Waals surface area contributed by atoms with Crippen molar-refractivity contribution in [3.05, 3.63) is 83.7 Å². The van der Waals surface area contributed by atoms with Crippen LogP contribution in [-0.2, 0) is 58.5 Å². The summed E-state index contributed by atoms with van der Waals surface area (Å²) < 4.78 is 49.3. The highest BCUT2D eigenvalue weighted by Crippen LogP contribution is 2.60. The fourth-order valence-electron chi connectivity index (χ4n) is 9.15. The Morgan fingerprint density at radius 1 is 0.869 bits per heavy atom. The molecule has 1 spiro atoms. The molecular formula is C45H64N3O12P. The Bertz CT molecular complexity index is 1840. The molecular weight excluding hydrogens is 805 g/mol. The maximum absolute atomic E-state index is 14.4. The summed E-state index contributed by atoms with van der Waals surface area (Å²) in [5, 5.41) is 8.57. The lowest BCUT2D eigenvalue weighted by atomic mass is 9.58. The molecule has 5 fully saturated rings. The van der Waals surface area contributed by atoms with E-state index >= 15 is 0 Å². The van der Waals surface area contributed by atoms with Crippen LogP contribution in [-0.4, -0.2) is 73.8 Å². The SMILES string of the molecule is CCOP(=O)(/C=C/[C@H](NC(=O)[C@H](CC(C)C)NC(=O)[C@H](CO[C@H]1O[C@@H]2O[C@@]3(C)CC[C@H]4[C@H](C)CC[C@@H]([C@H]1C)[C@@]24OO3)NC(=O)OCc1ccccc1)c1ccccc1)OCC. The highest BCUT2D eigenvalue weighted by molar-refractivity contribution is 7.57. The van der Waals surface area contributed by atoms with Gasteiger partial charge in [-0.1, -0.05) is 88.4 Å². The Hall–Kier alpha value is -3.66. The number of amides is 3. The van der Waals surface area contributed by atoms with Crippen molar-refractivity contribution in [3.63, 3.8) is 0 Å². The highest BCUT2D eigenvalue weighted by Gasteiger charge is 2.69. The minimum atomic E-state index is -3.61. The predicted octanol–water partition coefficient (Wildman–Crippen LogP) is 7.67. The second-order valence-corrected chi connectivity index (χ2v) is 19.1. The molecule has 2 aromatic carbocycles. The average molecular weight is 870 g/mol. The number of rotatable bonds is 19. The van der Waals surface area contributed by atoms with E-state index in [1.165, 1.54) is 5.82 Å². The fourth-order valence-corrected chi connectivity index (χ4v) is 10.5. The maximum atomic E-state index is 14.4. The molecule has 16 heteroatoms. The van der Waals surface area contributed by atoms with Crippen molar-refractivity contribution in [2.45, 2.75) is 129 Å². The first-order valence-electron chi connectivity index (χ1n) is 21.7. The third-order valence-corrected chi connectivity index (χ3v) is 14.0. The first-order chi connectivity index (χ1) is 29.2. The molecule has 0 aromatic heterocycles. The summed E-state index contributed by atoms with van der Waals surface area (Å²) in [6, 6.07) is 15.2. The summed E-state index contributed by atoms with van der Waals surface area (Å²) in [5.41, 5.74) is 0.658. The van der Waals surface area contributed by atoms with Crippen LogP contribution >= 0.6 is 7.60 Å². The zero-order valence-corrected chi connectivity index (χ0v) is 37.3. The molecule has 7 rings (SSSR count). The number of alkyl carbamates (subject to hydrolysis) is 1. The van der Waals surface area contributed by atoms with Gasteiger partial charge in [-0.25, -0.2) is 14.6 Å². The summed E-state index contributed by atoms with van der Waals surface area (Å²) in [6.45, 7) is 13.4. The van der Waals surface area contributed by atoms with Gasteiger partial charge in [-0.3, -0.25) is 14.2 Å². The van der Waals surface area contributed by atoms with Gasteiger partial charge < -0.3 is 43.9 Å². The van der Waals surface area contributed by atoms with Crippen LogP contribution in [0.15, 0.2) is 72.6 Å². The molecule has 1 saturated carbocycles.